The molecule has 0 fully saturated rings. The van der Waals surface area contributed by atoms with Crippen LogP contribution >= 0.6 is 0 Å². The zero-order chi connectivity index (χ0) is 22.4. The first-order chi connectivity index (χ1) is 14.8. The Hall–Kier alpha value is -3.09. The average molecular weight is 429 g/mol. The first kappa shape index (κ1) is 22.6. The van der Waals surface area contributed by atoms with Crippen LogP contribution in [0.1, 0.15) is 43.4 Å². The number of nitrogens with one attached hydrogen (secondary N) is 1. The summed E-state index contributed by atoms with van der Waals surface area (Å²) in [7, 11) is 1.74. The van der Waals surface area contributed by atoms with Gasteiger partial charge in [-0.05, 0) is 48.2 Å². The highest BCUT2D eigenvalue weighted by molar-refractivity contribution is 5.64. The summed E-state index contributed by atoms with van der Waals surface area (Å²) in [6.07, 6.45) is 0.221. The van der Waals surface area contributed by atoms with E-state index in [2.05, 4.69) is 29.1 Å². The third-order valence-corrected chi connectivity index (χ3v) is 5.00. The minimum atomic E-state index is -4.57. The Morgan fingerprint density at radius 2 is 1.42 bits per heavy atom. The number of anilines is 4. The van der Waals surface area contributed by atoms with E-state index in [9.17, 15) is 13.2 Å². The highest BCUT2D eigenvalue weighted by atomic mass is 19.4. The summed E-state index contributed by atoms with van der Waals surface area (Å²) in [5.41, 5.74) is 2.79. The predicted molar refractivity (Wildman–Crippen MR) is 119 cm³/mol. The molecule has 3 rings (SSSR count). The molecule has 1 heterocycles. The van der Waals surface area contributed by atoms with Crippen molar-refractivity contribution in [3.63, 3.8) is 0 Å². The van der Waals surface area contributed by atoms with Gasteiger partial charge in [-0.25, -0.2) is 4.98 Å². The number of benzene rings is 2. The molecule has 1 N–H and O–H groups in total. The van der Waals surface area contributed by atoms with E-state index in [4.69, 9.17) is 0 Å². The van der Waals surface area contributed by atoms with Crippen LogP contribution in [-0.4, -0.2) is 17.0 Å². The van der Waals surface area contributed by atoms with E-state index in [1.165, 1.54) is 5.56 Å². The number of hydrogen-bond donors (Lipinski definition) is 1. The molecular weight excluding hydrogens is 401 g/mol. The van der Waals surface area contributed by atoms with Crippen molar-refractivity contribution in [2.45, 2.75) is 45.7 Å². The van der Waals surface area contributed by atoms with Crippen LogP contribution in [0, 0.1) is 0 Å². The lowest BCUT2D eigenvalue weighted by molar-refractivity contribution is -0.137. The molecule has 4 nitrogen and oxygen atoms in total. The average Bonchev–Trinajstić information content (AvgIpc) is 2.75. The van der Waals surface area contributed by atoms with Crippen molar-refractivity contribution in [3.05, 3.63) is 71.4 Å². The zero-order valence-corrected chi connectivity index (χ0v) is 18.0. The molecule has 1 aromatic heterocycles. The Labute approximate surface area is 181 Å². The summed E-state index contributed by atoms with van der Waals surface area (Å²) in [6.45, 7) is 4.19. The van der Waals surface area contributed by atoms with Crippen LogP contribution in [0.5, 0.6) is 0 Å². The highest BCUT2D eigenvalue weighted by Crippen LogP contribution is 2.36. The van der Waals surface area contributed by atoms with Crippen LogP contribution in [0.25, 0.3) is 0 Å². The molecule has 3 aromatic rings. The molecule has 0 spiro atoms. The predicted octanol–water partition coefficient (Wildman–Crippen LogP) is 6.91. The van der Waals surface area contributed by atoms with E-state index in [1.807, 2.05) is 36.4 Å². The Morgan fingerprint density at radius 3 is 1.94 bits per heavy atom. The maximum atomic E-state index is 13.6. The summed E-state index contributed by atoms with van der Waals surface area (Å²) in [6, 6.07) is 15.2. The SMILES string of the molecule is CCCc1ccc(Nc2nc(N(C)c3ccc(CCC)cc3)ncc2C(F)(F)F)cc1. The van der Waals surface area contributed by atoms with Gasteiger partial charge < -0.3 is 10.2 Å². The standard InChI is InChI=1S/C24H27F3N4/c1-4-6-17-8-12-19(13-9-17)29-22-21(24(25,26)27)16-28-23(30-22)31(3)20-14-10-18(7-5-2)11-15-20/h8-16H,4-7H2,1-3H3,(H,28,29,30). The normalized spacial score (nSPS) is 11.4. The number of aryl methyl sites for hydroxylation is 2. The maximum absolute atomic E-state index is 13.6. The van der Waals surface area contributed by atoms with Gasteiger partial charge in [0.2, 0.25) is 5.95 Å². The van der Waals surface area contributed by atoms with E-state index in [0.717, 1.165) is 43.1 Å². The fraction of sp³-hybridized carbons (Fsp3) is 0.333. The fourth-order valence-electron chi connectivity index (χ4n) is 3.31. The van der Waals surface area contributed by atoms with Gasteiger partial charge >= 0.3 is 6.18 Å². The van der Waals surface area contributed by atoms with Crippen LogP contribution in [0.4, 0.5) is 36.3 Å². The van der Waals surface area contributed by atoms with Crippen LogP contribution in [0.15, 0.2) is 54.7 Å². The minimum absolute atomic E-state index is 0.182. The summed E-state index contributed by atoms with van der Waals surface area (Å²) >= 11 is 0. The van der Waals surface area contributed by atoms with Crippen molar-refractivity contribution in [1.82, 2.24) is 9.97 Å². The summed E-state index contributed by atoms with van der Waals surface area (Å²) in [4.78, 5) is 9.86. The van der Waals surface area contributed by atoms with E-state index in [1.54, 1.807) is 24.1 Å². The number of nitrogens with zero attached hydrogens (tertiary/aromatic N) is 3. The lowest BCUT2D eigenvalue weighted by Crippen LogP contribution is -2.17. The van der Waals surface area contributed by atoms with Crippen molar-refractivity contribution in [1.29, 1.82) is 0 Å². The molecule has 0 aliphatic heterocycles. The molecule has 0 saturated heterocycles. The number of rotatable bonds is 8. The number of hydrogen-bond acceptors (Lipinski definition) is 4. The van der Waals surface area contributed by atoms with Gasteiger partial charge in [-0.3, -0.25) is 0 Å². The topological polar surface area (TPSA) is 41.1 Å². The Morgan fingerprint density at radius 1 is 0.871 bits per heavy atom. The van der Waals surface area contributed by atoms with E-state index < -0.39 is 11.7 Å². The summed E-state index contributed by atoms with van der Waals surface area (Å²) < 4.78 is 40.7. The summed E-state index contributed by atoms with van der Waals surface area (Å²) in [5.74, 6) is -0.0865. The van der Waals surface area contributed by atoms with Crippen molar-refractivity contribution >= 4 is 23.1 Å². The molecule has 0 bridgehead atoms. The molecule has 164 valence electrons. The van der Waals surface area contributed by atoms with Crippen molar-refractivity contribution < 1.29 is 13.2 Å². The molecule has 31 heavy (non-hydrogen) atoms. The zero-order valence-electron chi connectivity index (χ0n) is 18.0. The lowest BCUT2D eigenvalue weighted by Gasteiger charge is -2.20. The van der Waals surface area contributed by atoms with Gasteiger partial charge in [0.25, 0.3) is 0 Å². The summed E-state index contributed by atoms with van der Waals surface area (Å²) in [5, 5.41) is 2.82. The second-order valence-electron chi connectivity index (χ2n) is 7.48. The molecule has 7 heteroatoms. The largest absolute Gasteiger partial charge is 0.421 e. The quantitative estimate of drug-likeness (QED) is 0.423. The smallest absolute Gasteiger partial charge is 0.340 e. The van der Waals surface area contributed by atoms with Crippen LogP contribution < -0.4 is 10.2 Å². The molecule has 0 atom stereocenters. The fourth-order valence-corrected chi connectivity index (χ4v) is 3.31. The Kier molecular flexibility index (Phi) is 7.15. The minimum Gasteiger partial charge on any atom is -0.340 e. The third kappa shape index (κ3) is 5.75. The highest BCUT2D eigenvalue weighted by Gasteiger charge is 2.35. The number of halogens is 3. The van der Waals surface area contributed by atoms with Gasteiger partial charge in [-0.1, -0.05) is 51.0 Å². The molecular formula is C24H27F3N4. The first-order valence-corrected chi connectivity index (χ1v) is 10.4. The second kappa shape index (κ2) is 9.81. The molecule has 0 aliphatic carbocycles. The second-order valence-corrected chi connectivity index (χ2v) is 7.48. The number of alkyl halides is 3. The molecule has 0 unspecified atom stereocenters. The van der Waals surface area contributed by atoms with Gasteiger partial charge in [0, 0.05) is 24.6 Å². The molecule has 0 radical (unpaired) electrons. The maximum Gasteiger partial charge on any atom is 0.421 e. The molecule has 0 aliphatic rings. The van der Waals surface area contributed by atoms with Gasteiger partial charge in [0.1, 0.15) is 11.4 Å². The van der Waals surface area contributed by atoms with E-state index in [-0.39, 0.29) is 11.8 Å². The van der Waals surface area contributed by atoms with E-state index in [0.29, 0.717) is 5.69 Å². The van der Waals surface area contributed by atoms with Crippen LogP contribution in [0.3, 0.4) is 0 Å². The Bertz CT molecular complexity index is 983. The monoisotopic (exact) mass is 428 g/mol. The number of aromatic nitrogens is 2. The van der Waals surface area contributed by atoms with Gasteiger partial charge in [-0.2, -0.15) is 18.2 Å². The van der Waals surface area contributed by atoms with Gasteiger partial charge in [0.05, 0.1) is 0 Å². The van der Waals surface area contributed by atoms with Crippen LogP contribution in [-0.2, 0) is 19.0 Å². The van der Waals surface area contributed by atoms with Crippen molar-refractivity contribution in [2.24, 2.45) is 0 Å². The molecule has 2 aromatic carbocycles. The molecule has 0 amide bonds. The Balaban J connectivity index is 1.90. The first-order valence-electron chi connectivity index (χ1n) is 10.4. The van der Waals surface area contributed by atoms with Gasteiger partial charge in [0.15, 0.2) is 0 Å². The van der Waals surface area contributed by atoms with Gasteiger partial charge in [-0.15, -0.1) is 0 Å². The molecule has 0 saturated carbocycles. The van der Waals surface area contributed by atoms with E-state index >= 15 is 0 Å². The van der Waals surface area contributed by atoms with Crippen molar-refractivity contribution in [3.8, 4) is 0 Å². The lowest BCUT2D eigenvalue weighted by atomic mass is 10.1. The van der Waals surface area contributed by atoms with Crippen molar-refractivity contribution in [2.75, 3.05) is 17.3 Å². The van der Waals surface area contributed by atoms with Crippen LogP contribution in [0.2, 0.25) is 0 Å². The third-order valence-electron chi connectivity index (χ3n) is 5.00.